The number of anilines is 1. The molecule has 3 aromatic rings. The maximum Gasteiger partial charge on any atom is 0.265 e. The van der Waals surface area contributed by atoms with Gasteiger partial charge >= 0.3 is 0 Å². The Balaban J connectivity index is 1.63. The molecule has 0 radical (unpaired) electrons. The van der Waals surface area contributed by atoms with Crippen LogP contribution < -0.4 is 5.32 Å². The van der Waals surface area contributed by atoms with Crippen molar-refractivity contribution in [1.29, 1.82) is 0 Å². The van der Waals surface area contributed by atoms with Gasteiger partial charge in [0.05, 0.1) is 32.6 Å². The summed E-state index contributed by atoms with van der Waals surface area (Å²) in [6.07, 6.45) is 3.20. The van der Waals surface area contributed by atoms with Crippen LogP contribution in [0, 0.1) is 0 Å². The second kappa shape index (κ2) is 6.94. The molecule has 0 aliphatic carbocycles. The number of fused-ring (bicyclic) bond motifs is 1. The van der Waals surface area contributed by atoms with Gasteiger partial charge in [0.25, 0.3) is 17.7 Å². The number of halogens is 1. The van der Waals surface area contributed by atoms with Crippen LogP contribution in [0.4, 0.5) is 5.69 Å². The molecule has 1 aromatic carbocycles. The summed E-state index contributed by atoms with van der Waals surface area (Å²) in [6.45, 7) is 0.142. The summed E-state index contributed by atoms with van der Waals surface area (Å²) < 4.78 is 0.494. The molecule has 1 aliphatic heterocycles. The summed E-state index contributed by atoms with van der Waals surface area (Å²) in [5, 5.41) is 2.71. The molecular formula is C19H12ClN3O3S. The van der Waals surface area contributed by atoms with Crippen LogP contribution in [0.1, 0.15) is 36.0 Å². The molecule has 134 valence electrons. The van der Waals surface area contributed by atoms with Crippen molar-refractivity contribution in [3.05, 3.63) is 80.8 Å². The van der Waals surface area contributed by atoms with Gasteiger partial charge in [-0.25, -0.2) is 0 Å². The molecule has 27 heavy (non-hydrogen) atoms. The van der Waals surface area contributed by atoms with Crippen molar-refractivity contribution in [3.8, 4) is 0 Å². The highest BCUT2D eigenvalue weighted by atomic mass is 35.5. The van der Waals surface area contributed by atoms with E-state index in [0.717, 1.165) is 21.8 Å². The number of carbonyl (C=O) groups excluding carboxylic acids is 3. The second-order valence-electron chi connectivity index (χ2n) is 5.84. The Bertz CT molecular complexity index is 1070. The maximum atomic E-state index is 12.9. The lowest BCUT2D eigenvalue weighted by molar-refractivity contribution is 0.0642. The van der Waals surface area contributed by atoms with Crippen molar-refractivity contribution in [2.75, 3.05) is 5.32 Å². The lowest BCUT2D eigenvalue weighted by Gasteiger charge is -2.13. The van der Waals surface area contributed by atoms with Crippen LogP contribution in [0.15, 0.2) is 54.9 Å². The first-order chi connectivity index (χ1) is 13.0. The highest BCUT2D eigenvalue weighted by Crippen LogP contribution is 2.31. The second-order valence-corrected chi connectivity index (χ2v) is 7.55. The number of rotatable bonds is 4. The number of thiophene rings is 1. The van der Waals surface area contributed by atoms with Crippen LogP contribution in [0.5, 0.6) is 0 Å². The molecule has 0 spiro atoms. The van der Waals surface area contributed by atoms with Crippen molar-refractivity contribution in [2.24, 2.45) is 0 Å². The van der Waals surface area contributed by atoms with Gasteiger partial charge in [0, 0.05) is 12.4 Å². The summed E-state index contributed by atoms with van der Waals surface area (Å²) in [6, 6.07) is 11.5. The van der Waals surface area contributed by atoms with E-state index in [2.05, 4.69) is 10.3 Å². The number of hydrogen-bond donors (Lipinski definition) is 1. The standard InChI is InChI=1S/C19H12ClN3O3S/c20-15-5-4-14(27-15)17(24)22-13-3-1-2-12-16(13)19(26)23(18(12)25)10-11-6-8-21-9-7-11/h1-9H,10H2,(H,22,24). The monoisotopic (exact) mass is 397 g/mol. The highest BCUT2D eigenvalue weighted by Gasteiger charge is 2.37. The minimum absolute atomic E-state index is 0.142. The molecule has 6 nitrogen and oxygen atoms in total. The van der Waals surface area contributed by atoms with Crippen molar-refractivity contribution in [2.45, 2.75) is 6.54 Å². The molecule has 0 atom stereocenters. The molecule has 4 rings (SSSR count). The number of aromatic nitrogens is 1. The van der Waals surface area contributed by atoms with Crippen molar-refractivity contribution >= 4 is 46.3 Å². The summed E-state index contributed by atoms with van der Waals surface area (Å²) in [4.78, 5) is 43.5. The van der Waals surface area contributed by atoms with Crippen molar-refractivity contribution < 1.29 is 14.4 Å². The van der Waals surface area contributed by atoms with Crippen LogP contribution in [0.2, 0.25) is 4.34 Å². The predicted molar refractivity (Wildman–Crippen MR) is 102 cm³/mol. The fourth-order valence-electron chi connectivity index (χ4n) is 2.87. The van der Waals surface area contributed by atoms with Gasteiger partial charge in [-0.1, -0.05) is 17.7 Å². The Labute approximate surface area is 163 Å². The van der Waals surface area contributed by atoms with Crippen LogP contribution in [0.3, 0.4) is 0 Å². The third-order valence-electron chi connectivity index (χ3n) is 4.13. The third kappa shape index (κ3) is 3.22. The molecule has 0 saturated heterocycles. The maximum absolute atomic E-state index is 12.9. The zero-order valence-corrected chi connectivity index (χ0v) is 15.4. The Morgan fingerprint density at radius 1 is 1.07 bits per heavy atom. The Kier molecular flexibility index (Phi) is 4.47. The zero-order chi connectivity index (χ0) is 19.0. The molecule has 1 N–H and O–H groups in total. The number of pyridine rings is 1. The Morgan fingerprint density at radius 2 is 1.85 bits per heavy atom. The first kappa shape index (κ1) is 17.4. The molecule has 3 heterocycles. The van der Waals surface area contributed by atoms with Gasteiger partial charge in [-0.05, 0) is 42.0 Å². The Morgan fingerprint density at radius 3 is 2.56 bits per heavy atom. The molecule has 0 saturated carbocycles. The summed E-state index contributed by atoms with van der Waals surface area (Å²) in [5.74, 6) is -1.21. The lowest BCUT2D eigenvalue weighted by atomic mass is 10.1. The molecular weight excluding hydrogens is 386 g/mol. The van der Waals surface area contributed by atoms with E-state index in [9.17, 15) is 14.4 Å². The van der Waals surface area contributed by atoms with E-state index in [1.165, 1.54) is 0 Å². The number of nitrogens with zero attached hydrogens (tertiary/aromatic N) is 2. The van der Waals surface area contributed by atoms with E-state index in [1.54, 1.807) is 54.9 Å². The molecule has 0 bridgehead atoms. The SMILES string of the molecule is O=C(Nc1cccc2c1C(=O)N(Cc1ccncc1)C2=O)c1ccc(Cl)s1. The Hall–Kier alpha value is -3.03. The van der Waals surface area contributed by atoms with E-state index in [4.69, 9.17) is 11.6 Å². The molecule has 0 unspecified atom stereocenters. The molecule has 1 aliphatic rings. The fraction of sp³-hybridized carbons (Fsp3) is 0.0526. The summed E-state index contributed by atoms with van der Waals surface area (Å²) >= 11 is 7.01. The van der Waals surface area contributed by atoms with Crippen LogP contribution in [-0.2, 0) is 6.54 Å². The average molecular weight is 398 g/mol. The summed E-state index contributed by atoms with van der Waals surface area (Å²) in [7, 11) is 0. The van der Waals surface area contributed by atoms with E-state index >= 15 is 0 Å². The minimum atomic E-state index is -0.438. The quantitative estimate of drug-likeness (QED) is 0.678. The minimum Gasteiger partial charge on any atom is -0.321 e. The van der Waals surface area contributed by atoms with Gasteiger partial charge in [0.1, 0.15) is 0 Å². The van der Waals surface area contributed by atoms with Crippen LogP contribution >= 0.6 is 22.9 Å². The normalized spacial score (nSPS) is 13.0. The van der Waals surface area contributed by atoms with Gasteiger partial charge in [0.15, 0.2) is 0 Å². The fourth-order valence-corrected chi connectivity index (χ4v) is 3.81. The smallest absolute Gasteiger partial charge is 0.265 e. The lowest BCUT2D eigenvalue weighted by Crippen LogP contribution is -2.29. The van der Waals surface area contributed by atoms with Gasteiger partial charge in [-0.2, -0.15) is 0 Å². The zero-order valence-electron chi connectivity index (χ0n) is 13.8. The molecule has 8 heteroatoms. The predicted octanol–water partition coefficient (Wildman–Crippen LogP) is 3.85. The van der Waals surface area contributed by atoms with Crippen molar-refractivity contribution in [1.82, 2.24) is 9.88 Å². The van der Waals surface area contributed by atoms with Crippen molar-refractivity contribution in [3.63, 3.8) is 0 Å². The largest absolute Gasteiger partial charge is 0.321 e. The van der Waals surface area contributed by atoms with E-state index in [1.807, 2.05) is 0 Å². The number of benzene rings is 1. The van der Waals surface area contributed by atoms with Gasteiger partial charge in [0.2, 0.25) is 0 Å². The number of carbonyl (C=O) groups is 3. The average Bonchev–Trinajstić information content (AvgIpc) is 3.21. The number of amides is 3. The van der Waals surface area contributed by atoms with Gasteiger partial charge in [-0.3, -0.25) is 24.3 Å². The number of nitrogens with one attached hydrogen (secondary N) is 1. The summed E-state index contributed by atoms with van der Waals surface area (Å²) in [5.41, 5.74) is 1.57. The molecule has 0 fully saturated rings. The number of imide groups is 1. The van der Waals surface area contributed by atoms with E-state index in [0.29, 0.717) is 14.9 Å². The third-order valence-corrected chi connectivity index (χ3v) is 5.36. The van der Waals surface area contributed by atoms with Gasteiger partial charge < -0.3 is 5.32 Å². The van der Waals surface area contributed by atoms with E-state index < -0.39 is 5.91 Å². The highest BCUT2D eigenvalue weighted by molar-refractivity contribution is 7.18. The molecule has 2 aromatic heterocycles. The topological polar surface area (TPSA) is 79.4 Å². The first-order valence-corrected chi connectivity index (χ1v) is 9.19. The molecule has 3 amide bonds. The van der Waals surface area contributed by atoms with E-state index in [-0.39, 0.29) is 29.5 Å². The first-order valence-electron chi connectivity index (χ1n) is 7.99. The van der Waals surface area contributed by atoms with Crippen LogP contribution in [0.25, 0.3) is 0 Å². The van der Waals surface area contributed by atoms with Gasteiger partial charge in [-0.15, -0.1) is 11.3 Å². The van der Waals surface area contributed by atoms with Crippen LogP contribution in [-0.4, -0.2) is 27.6 Å². The number of hydrogen-bond acceptors (Lipinski definition) is 5.